The van der Waals surface area contributed by atoms with Crippen LogP contribution in [0.15, 0.2) is 76.3 Å². The number of hydrogen-bond donors (Lipinski definition) is 1. The fraction of sp³-hybridized carbons (Fsp3) is 0.167. The van der Waals surface area contributed by atoms with Crippen molar-refractivity contribution in [1.82, 2.24) is 5.43 Å². The zero-order valence-electron chi connectivity index (χ0n) is 16.9. The maximum Gasteiger partial charge on any atom is 0.286 e. The summed E-state index contributed by atoms with van der Waals surface area (Å²) in [5, 5.41) is 9.44. The summed E-state index contributed by atoms with van der Waals surface area (Å²) in [6, 6.07) is 21.2. The highest BCUT2D eigenvalue weighted by Crippen LogP contribution is 2.40. The number of hydrazine groups is 1. The summed E-state index contributed by atoms with van der Waals surface area (Å²) < 4.78 is 0.988. The summed E-state index contributed by atoms with van der Waals surface area (Å²) in [5.74, 6) is -0.212. The third-order valence-corrected chi connectivity index (χ3v) is 6.77. The fourth-order valence-electron chi connectivity index (χ4n) is 4.12. The highest BCUT2D eigenvalue weighted by atomic mass is 79.9. The van der Waals surface area contributed by atoms with Gasteiger partial charge in [0.25, 0.3) is 5.91 Å². The first-order chi connectivity index (χ1) is 15.5. The van der Waals surface area contributed by atoms with Crippen LogP contribution in [0.3, 0.4) is 0 Å². The maximum atomic E-state index is 13.2. The number of nitrogens with zero attached hydrogens (tertiary/aromatic N) is 3. The van der Waals surface area contributed by atoms with Crippen LogP contribution in [-0.4, -0.2) is 18.2 Å². The van der Waals surface area contributed by atoms with Gasteiger partial charge >= 0.3 is 0 Å². The van der Waals surface area contributed by atoms with Crippen LogP contribution >= 0.6 is 39.1 Å². The summed E-state index contributed by atoms with van der Waals surface area (Å²) in [7, 11) is 0. The number of amides is 1. The van der Waals surface area contributed by atoms with Crippen LogP contribution in [-0.2, 0) is 11.2 Å². The molecule has 1 atom stereocenters. The summed E-state index contributed by atoms with van der Waals surface area (Å²) in [4.78, 5) is 13.2. The van der Waals surface area contributed by atoms with Gasteiger partial charge in [-0.05, 0) is 53.9 Å². The molecule has 32 heavy (non-hydrogen) atoms. The predicted octanol–water partition coefficient (Wildman–Crippen LogP) is 6.16. The average Bonchev–Trinajstić information content (AvgIpc) is 3.39. The molecule has 1 amide bonds. The van der Waals surface area contributed by atoms with Gasteiger partial charge in [0, 0.05) is 22.5 Å². The number of benzene rings is 3. The van der Waals surface area contributed by atoms with Gasteiger partial charge in [-0.2, -0.15) is 5.10 Å². The normalized spacial score (nSPS) is 17.3. The Hall–Kier alpha value is -2.54. The number of anilines is 2. The number of para-hydroxylation sites is 1. The topological polar surface area (TPSA) is 47.9 Å². The van der Waals surface area contributed by atoms with Crippen LogP contribution in [0.2, 0.25) is 10.0 Å². The van der Waals surface area contributed by atoms with Crippen molar-refractivity contribution in [1.29, 1.82) is 0 Å². The van der Waals surface area contributed by atoms with Gasteiger partial charge in [0.15, 0.2) is 0 Å². The van der Waals surface area contributed by atoms with Crippen molar-refractivity contribution in [2.45, 2.75) is 18.9 Å². The van der Waals surface area contributed by atoms with Crippen LogP contribution in [0, 0.1) is 0 Å². The Balaban J connectivity index is 1.44. The van der Waals surface area contributed by atoms with Gasteiger partial charge in [-0.1, -0.05) is 69.5 Å². The molecule has 5 rings (SSSR count). The number of carbonyl (C=O) groups excluding carboxylic acids is 1. The molecule has 5 nitrogen and oxygen atoms in total. The molecule has 0 unspecified atom stereocenters. The smallest absolute Gasteiger partial charge is 0.285 e. The van der Waals surface area contributed by atoms with E-state index in [0.29, 0.717) is 27.9 Å². The summed E-state index contributed by atoms with van der Waals surface area (Å²) in [5.41, 5.74) is 7.48. The minimum atomic E-state index is -0.212. The van der Waals surface area contributed by atoms with E-state index < -0.39 is 0 Å². The lowest BCUT2D eigenvalue weighted by Crippen LogP contribution is -2.44. The molecule has 2 heterocycles. The standard InChI is InChI=1S/C24H19BrCl2N4O/c25-17-7-5-16(6-8-17)23-14-20(28-31(23)22-10-9-18(26)13-19(22)27)24(32)29-30-12-11-15-3-1-2-4-21(15)30/h1-10,13,23H,11-12,14H2,(H,29,32)/t23-/m0/s1. The number of carbonyl (C=O) groups is 1. The Morgan fingerprint density at radius 2 is 1.81 bits per heavy atom. The molecule has 2 aliphatic heterocycles. The highest BCUT2D eigenvalue weighted by Gasteiger charge is 2.34. The second-order valence-corrected chi connectivity index (χ2v) is 9.49. The maximum absolute atomic E-state index is 13.2. The first-order valence-electron chi connectivity index (χ1n) is 10.2. The Labute approximate surface area is 204 Å². The zero-order valence-corrected chi connectivity index (χ0v) is 20.0. The molecule has 0 bridgehead atoms. The van der Waals surface area contributed by atoms with Gasteiger partial charge in [0.05, 0.1) is 22.4 Å². The molecule has 0 spiro atoms. The molecule has 162 valence electrons. The molecule has 8 heteroatoms. The molecular weight excluding hydrogens is 511 g/mol. The molecule has 3 aromatic rings. The van der Waals surface area contributed by atoms with Gasteiger partial charge < -0.3 is 0 Å². The number of halogens is 3. The Morgan fingerprint density at radius 3 is 2.59 bits per heavy atom. The number of nitrogens with one attached hydrogen (secondary N) is 1. The van der Waals surface area contributed by atoms with E-state index >= 15 is 0 Å². The Bertz CT molecular complexity index is 1210. The predicted molar refractivity (Wildman–Crippen MR) is 134 cm³/mol. The summed E-state index contributed by atoms with van der Waals surface area (Å²) in [6.45, 7) is 0.737. The fourth-order valence-corrected chi connectivity index (χ4v) is 4.88. The number of rotatable bonds is 4. The third-order valence-electron chi connectivity index (χ3n) is 5.71. The van der Waals surface area contributed by atoms with E-state index in [2.05, 4.69) is 27.4 Å². The average molecular weight is 530 g/mol. The van der Waals surface area contributed by atoms with Crippen LogP contribution in [0.25, 0.3) is 0 Å². The molecule has 0 saturated heterocycles. The van der Waals surface area contributed by atoms with Gasteiger partial charge in [-0.3, -0.25) is 20.2 Å². The van der Waals surface area contributed by atoms with Gasteiger partial charge in [0.2, 0.25) is 0 Å². The summed E-state index contributed by atoms with van der Waals surface area (Å²) >= 11 is 16.1. The monoisotopic (exact) mass is 528 g/mol. The van der Waals surface area contributed by atoms with E-state index in [1.807, 2.05) is 58.5 Å². The van der Waals surface area contributed by atoms with Crippen molar-refractivity contribution < 1.29 is 4.79 Å². The summed E-state index contributed by atoms with van der Waals surface area (Å²) in [6.07, 6.45) is 1.36. The molecule has 0 aliphatic carbocycles. The lowest BCUT2D eigenvalue weighted by atomic mass is 10.0. The Morgan fingerprint density at radius 1 is 1.03 bits per heavy atom. The van der Waals surface area contributed by atoms with Gasteiger partial charge in [-0.25, -0.2) is 0 Å². The minimum Gasteiger partial charge on any atom is -0.285 e. The van der Waals surface area contributed by atoms with Crippen LogP contribution < -0.4 is 15.4 Å². The second-order valence-electron chi connectivity index (χ2n) is 7.73. The van der Waals surface area contributed by atoms with E-state index in [1.54, 1.807) is 12.1 Å². The Kier molecular flexibility index (Phi) is 5.84. The van der Waals surface area contributed by atoms with E-state index in [4.69, 9.17) is 28.3 Å². The lowest BCUT2D eigenvalue weighted by molar-refractivity contribution is -0.115. The molecule has 0 saturated carbocycles. The quantitative estimate of drug-likeness (QED) is 0.440. The van der Waals surface area contributed by atoms with Crippen LogP contribution in [0.1, 0.15) is 23.6 Å². The molecule has 0 aromatic heterocycles. The van der Waals surface area contributed by atoms with Crippen molar-refractivity contribution in [3.05, 3.63) is 92.4 Å². The van der Waals surface area contributed by atoms with Gasteiger partial charge in [-0.15, -0.1) is 0 Å². The molecule has 1 N–H and O–H groups in total. The SMILES string of the molecule is O=C(NN1CCc2ccccc21)C1=NN(c2ccc(Cl)cc2Cl)[C@H](c2ccc(Br)cc2)C1. The third kappa shape index (κ3) is 4.10. The molecule has 2 aliphatic rings. The van der Waals surface area contributed by atoms with E-state index in [0.717, 1.165) is 28.7 Å². The molecular formula is C24H19BrCl2N4O. The van der Waals surface area contributed by atoms with Crippen molar-refractivity contribution >= 4 is 62.1 Å². The lowest BCUT2D eigenvalue weighted by Gasteiger charge is -2.25. The zero-order chi connectivity index (χ0) is 22.2. The van der Waals surface area contributed by atoms with Crippen molar-refractivity contribution in [2.75, 3.05) is 16.6 Å². The van der Waals surface area contributed by atoms with E-state index in [1.165, 1.54) is 5.56 Å². The minimum absolute atomic E-state index is 0.159. The van der Waals surface area contributed by atoms with Crippen molar-refractivity contribution in [3.63, 3.8) is 0 Å². The molecule has 0 radical (unpaired) electrons. The molecule has 0 fully saturated rings. The van der Waals surface area contributed by atoms with Crippen LogP contribution in [0.4, 0.5) is 11.4 Å². The number of hydrazone groups is 1. The number of fused-ring (bicyclic) bond motifs is 1. The highest BCUT2D eigenvalue weighted by molar-refractivity contribution is 9.10. The number of hydrogen-bond acceptors (Lipinski definition) is 4. The van der Waals surface area contributed by atoms with E-state index in [-0.39, 0.29) is 11.9 Å². The molecule has 3 aromatic carbocycles. The van der Waals surface area contributed by atoms with Crippen LogP contribution in [0.5, 0.6) is 0 Å². The van der Waals surface area contributed by atoms with Crippen molar-refractivity contribution in [3.8, 4) is 0 Å². The first kappa shape index (κ1) is 21.3. The largest absolute Gasteiger partial charge is 0.286 e. The first-order valence-corrected chi connectivity index (χ1v) is 11.8. The van der Waals surface area contributed by atoms with E-state index in [9.17, 15) is 4.79 Å². The van der Waals surface area contributed by atoms with Crippen molar-refractivity contribution in [2.24, 2.45) is 5.10 Å². The second kappa shape index (κ2) is 8.77. The van der Waals surface area contributed by atoms with Gasteiger partial charge in [0.1, 0.15) is 5.71 Å².